The van der Waals surface area contributed by atoms with E-state index in [4.69, 9.17) is 4.74 Å². The molecule has 3 aliphatic rings. The van der Waals surface area contributed by atoms with E-state index in [0.29, 0.717) is 32.8 Å². The smallest absolute Gasteiger partial charge is 0.239 e. The third-order valence-corrected chi connectivity index (χ3v) is 6.13. The van der Waals surface area contributed by atoms with Gasteiger partial charge in [-0.1, -0.05) is 6.92 Å². The number of rotatable bonds is 4. The first-order chi connectivity index (χ1) is 12.5. The van der Waals surface area contributed by atoms with E-state index in [1.807, 2.05) is 16.7 Å². The maximum Gasteiger partial charge on any atom is 0.239 e. The maximum atomic E-state index is 12.8. The zero-order valence-corrected chi connectivity index (χ0v) is 16.4. The first-order valence-electron chi connectivity index (χ1n) is 10.2. The number of hydrogen-bond acceptors (Lipinski definition) is 5. The molecule has 0 saturated carbocycles. The van der Waals surface area contributed by atoms with Gasteiger partial charge in [0, 0.05) is 52.4 Å². The van der Waals surface area contributed by atoms with Gasteiger partial charge >= 0.3 is 0 Å². The van der Waals surface area contributed by atoms with Crippen molar-refractivity contribution in [1.29, 1.82) is 0 Å². The highest BCUT2D eigenvalue weighted by molar-refractivity contribution is 5.81. The standard InChI is InChI=1S/C19H34N4O3/c1-16-3-5-23(6-4-16)19(25)17(2)21-9-7-20(8-10-21)15-18(24)22-11-13-26-14-12-22/h16-17H,3-15H2,1-2H3. The molecule has 0 aromatic heterocycles. The molecule has 0 aromatic carbocycles. The number of carbonyl (C=O) groups is 2. The third kappa shape index (κ3) is 4.96. The minimum absolute atomic E-state index is 0.0551. The molecule has 0 aromatic rings. The molecule has 148 valence electrons. The van der Waals surface area contributed by atoms with E-state index >= 15 is 0 Å². The largest absolute Gasteiger partial charge is 0.378 e. The number of morpholine rings is 1. The van der Waals surface area contributed by atoms with Crippen LogP contribution in [-0.2, 0) is 14.3 Å². The molecule has 1 unspecified atom stereocenters. The Bertz CT molecular complexity index is 479. The number of ether oxygens (including phenoxy) is 1. The summed E-state index contributed by atoms with van der Waals surface area (Å²) in [6, 6.07) is -0.0551. The predicted octanol–water partition coefficient (Wildman–Crippen LogP) is 0.110. The Hall–Kier alpha value is -1.18. The number of carbonyl (C=O) groups excluding carboxylic acids is 2. The second-order valence-corrected chi connectivity index (χ2v) is 7.99. The van der Waals surface area contributed by atoms with Crippen molar-refractivity contribution >= 4 is 11.8 Å². The van der Waals surface area contributed by atoms with Gasteiger partial charge in [0.15, 0.2) is 0 Å². The number of piperidine rings is 1. The highest BCUT2D eigenvalue weighted by Crippen LogP contribution is 2.18. The molecule has 3 aliphatic heterocycles. The lowest BCUT2D eigenvalue weighted by Gasteiger charge is -2.40. The Morgan fingerprint density at radius 1 is 0.923 bits per heavy atom. The Labute approximate surface area is 157 Å². The fourth-order valence-electron chi connectivity index (χ4n) is 4.06. The second kappa shape index (κ2) is 9.15. The summed E-state index contributed by atoms with van der Waals surface area (Å²) in [5.41, 5.74) is 0. The molecule has 7 heteroatoms. The highest BCUT2D eigenvalue weighted by Gasteiger charge is 2.31. The topological polar surface area (TPSA) is 56.3 Å². The number of nitrogens with zero attached hydrogens (tertiary/aromatic N) is 4. The zero-order chi connectivity index (χ0) is 18.5. The normalized spacial score (nSPS) is 25.3. The van der Waals surface area contributed by atoms with Gasteiger partial charge < -0.3 is 14.5 Å². The third-order valence-electron chi connectivity index (χ3n) is 6.13. The Morgan fingerprint density at radius 3 is 2.15 bits per heavy atom. The van der Waals surface area contributed by atoms with Crippen LogP contribution < -0.4 is 0 Å². The first-order valence-corrected chi connectivity index (χ1v) is 10.2. The van der Waals surface area contributed by atoms with Gasteiger partial charge in [-0.15, -0.1) is 0 Å². The van der Waals surface area contributed by atoms with Crippen LogP contribution in [-0.4, -0.2) is 110 Å². The van der Waals surface area contributed by atoms with Crippen LogP contribution in [0.2, 0.25) is 0 Å². The number of amides is 2. The summed E-state index contributed by atoms with van der Waals surface area (Å²) in [5.74, 6) is 1.21. The summed E-state index contributed by atoms with van der Waals surface area (Å²) in [7, 11) is 0. The molecule has 3 heterocycles. The quantitative estimate of drug-likeness (QED) is 0.707. The Morgan fingerprint density at radius 2 is 1.54 bits per heavy atom. The average Bonchev–Trinajstić information content (AvgIpc) is 2.69. The van der Waals surface area contributed by atoms with Crippen molar-refractivity contribution in [2.75, 3.05) is 72.1 Å². The van der Waals surface area contributed by atoms with Crippen LogP contribution in [0.5, 0.6) is 0 Å². The lowest BCUT2D eigenvalue weighted by molar-refractivity contribution is -0.140. The average molecular weight is 367 g/mol. The van der Waals surface area contributed by atoms with Crippen molar-refractivity contribution in [2.24, 2.45) is 5.92 Å². The summed E-state index contributed by atoms with van der Waals surface area (Å²) in [4.78, 5) is 33.6. The molecular formula is C19H34N4O3. The number of hydrogen-bond donors (Lipinski definition) is 0. The molecule has 0 spiro atoms. The molecule has 26 heavy (non-hydrogen) atoms. The first kappa shape index (κ1) is 19.6. The fraction of sp³-hybridized carbons (Fsp3) is 0.895. The number of piperazine rings is 1. The molecule has 3 rings (SSSR count). The highest BCUT2D eigenvalue weighted by atomic mass is 16.5. The number of likely N-dealkylation sites (tertiary alicyclic amines) is 1. The minimum Gasteiger partial charge on any atom is -0.378 e. The van der Waals surface area contributed by atoms with Crippen LogP contribution in [0.1, 0.15) is 26.7 Å². The molecule has 0 radical (unpaired) electrons. The van der Waals surface area contributed by atoms with Gasteiger partial charge in [0.05, 0.1) is 25.8 Å². The van der Waals surface area contributed by atoms with E-state index in [1.54, 1.807) is 0 Å². The van der Waals surface area contributed by atoms with Gasteiger partial charge in [-0.3, -0.25) is 19.4 Å². The zero-order valence-electron chi connectivity index (χ0n) is 16.4. The summed E-state index contributed by atoms with van der Waals surface area (Å²) in [6.45, 7) is 12.7. The van der Waals surface area contributed by atoms with Crippen molar-refractivity contribution < 1.29 is 14.3 Å². The van der Waals surface area contributed by atoms with E-state index < -0.39 is 0 Å². The van der Waals surface area contributed by atoms with Gasteiger partial charge in [-0.05, 0) is 25.7 Å². The van der Waals surface area contributed by atoms with Gasteiger partial charge in [-0.25, -0.2) is 0 Å². The molecule has 1 atom stereocenters. The van der Waals surface area contributed by atoms with Gasteiger partial charge in [0.1, 0.15) is 0 Å². The van der Waals surface area contributed by atoms with Crippen molar-refractivity contribution in [2.45, 2.75) is 32.7 Å². The Kier molecular flexibility index (Phi) is 6.89. The molecule has 7 nitrogen and oxygen atoms in total. The minimum atomic E-state index is -0.0551. The van der Waals surface area contributed by atoms with Crippen molar-refractivity contribution in [1.82, 2.24) is 19.6 Å². The van der Waals surface area contributed by atoms with Crippen LogP contribution >= 0.6 is 0 Å². The van der Waals surface area contributed by atoms with Crippen LogP contribution in [0.25, 0.3) is 0 Å². The van der Waals surface area contributed by atoms with Crippen molar-refractivity contribution in [3.05, 3.63) is 0 Å². The lowest BCUT2D eigenvalue weighted by Crippen LogP contribution is -2.56. The molecule has 0 bridgehead atoms. The lowest BCUT2D eigenvalue weighted by atomic mass is 9.98. The van der Waals surface area contributed by atoms with Gasteiger partial charge in [0.2, 0.25) is 11.8 Å². The van der Waals surface area contributed by atoms with E-state index in [1.165, 1.54) is 0 Å². The second-order valence-electron chi connectivity index (χ2n) is 7.99. The van der Waals surface area contributed by atoms with E-state index in [9.17, 15) is 9.59 Å². The molecule has 3 fully saturated rings. The van der Waals surface area contributed by atoms with E-state index in [2.05, 4.69) is 16.7 Å². The molecule has 0 N–H and O–H groups in total. The van der Waals surface area contributed by atoms with Crippen LogP contribution in [0, 0.1) is 5.92 Å². The summed E-state index contributed by atoms with van der Waals surface area (Å²) < 4.78 is 5.31. The molecule has 3 saturated heterocycles. The summed E-state index contributed by atoms with van der Waals surface area (Å²) in [6.07, 6.45) is 2.24. The SMILES string of the molecule is CC1CCN(C(=O)C(C)N2CCN(CC(=O)N3CCOCC3)CC2)CC1. The van der Waals surface area contributed by atoms with E-state index in [-0.39, 0.29) is 17.9 Å². The summed E-state index contributed by atoms with van der Waals surface area (Å²) >= 11 is 0. The summed E-state index contributed by atoms with van der Waals surface area (Å²) in [5, 5.41) is 0. The monoisotopic (exact) mass is 366 g/mol. The maximum absolute atomic E-state index is 12.8. The van der Waals surface area contributed by atoms with E-state index in [0.717, 1.165) is 58.0 Å². The van der Waals surface area contributed by atoms with Crippen LogP contribution in [0.4, 0.5) is 0 Å². The van der Waals surface area contributed by atoms with Crippen LogP contribution in [0.15, 0.2) is 0 Å². The fourth-order valence-corrected chi connectivity index (χ4v) is 4.06. The van der Waals surface area contributed by atoms with Crippen molar-refractivity contribution in [3.8, 4) is 0 Å². The van der Waals surface area contributed by atoms with Crippen molar-refractivity contribution in [3.63, 3.8) is 0 Å². The molecule has 2 amide bonds. The molecule has 0 aliphatic carbocycles. The Balaban J connectivity index is 1.41. The van der Waals surface area contributed by atoms with Gasteiger partial charge in [-0.2, -0.15) is 0 Å². The predicted molar refractivity (Wildman–Crippen MR) is 99.9 cm³/mol. The molecular weight excluding hydrogens is 332 g/mol. The van der Waals surface area contributed by atoms with Crippen LogP contribution in [0.3, 0.4) is 0 Å². The van der Waals surface area contributed by atoms with Gasteiger partial charge in [0.25, 0.3) is 0 Å².